The summed E-state index contributed by atoms with van der Waals surface area (Å²) in [7, 11) is 1.48. The van der Waals surface area contributed by atoms with Crippen molar-refractivity contribution in [3.63, 3.8) is 0 Å². The number of methoxy groups -OCH3 is 1. The lowest BCUT2D eigenvalue weighted by Gasteiger charge is -2.41. The van der Waals surface area contributed by atoms with Gasteiger partial charge in [0.1, 0.15) is 17.8 Å². The van der Waals surface area contributed by atoms with E-state index < -0.39 is 24.1 Å². The molecule has 5 nitrogen and oxygen atoms in total. The van der Waals surface area contributed by atoms with Gasteiger partial charge in [0.05, 0.1) is 13.2 Å². The van der Waals surface area contributed by atoms with E-state index in [1.54, 1.807) is 0 Å². The molecule has 2 aliphatic heterocycles. The fraction of sp³-hybridized carbons (Fsp3) is 1.00. The first-order chi connectivity index (χ1) is 5.72. The highest BCUT2D eigenvalue weighted by molar-refractivity contribution is 5.07. The van der Waals surface area contributed by atoms with E-state index in [0.29, 0.717) is 0 Å². The van der Waals surface area contributed by atoms with Gasteiger partial charge in [0, 0.05) is 7.11 Å². The summed E-state index contributed by atoms with van der Waals surface area (Å²) in [6, 6.07) is 0. The molecule has 2 fully saturated rings. The van der Waals surface area contributed by atoms with Crippen LogP contribution < -0.4 is 0 Å². The highest BCUT2D eigenvalue weighted by Gasteiger charge is 2.63. The molecule has 2 saturated heterocycles. The van der Waals surface area contributed by atoms with Gasteiger partial charge in [-0.2, -0.15) is 0 Å². The SMILES string of the molecule is CO[C@H]1O[C@H](CO)[C@@]2(O)CO[C@H]12. The monoisotopic (exact) mass is 176 g/mol. The summed E-state index contributed by atoms with van der Waals surface area (Å²) in [5, 5.41) is 18.7. The predicted molar refractivity (Wildman–Crippen MR) is 37.4 cm³/mol. The smallest absolute Gasteiger partial charge is 0.186 e. The maximum atomic E-state index is 9.82. The van der Waals surface area contributed by atoms with Crippen LogP contribution in [0, 0.1) is 0 Å². The van der Waals surface area contributed by atoms with Crippen LogP contribution >= 0.6 is 0 Å². The van der Waals surface area contributed by atoms with E-state index in [1.165, 1.54) is 7.11 Å². The number of hydrogen-bond acceptors (Lipinski definition) is 5. The summed E-state index contributed by atoms with van der Waals surface area (Å²) in [6.45, 7) is -0.00102. The topological polar surface area (TPSA) is 68.2 Å². The van der Waals surface area contributed by atoms with E-state index in [9.17, 15) is 5.11 Å². The second kappa shape index (κ2) is 2.65. The van der Waals surface area contributed by atoms with Crippen molar-refractivity contribution in [3.8, 4) is 0 Å². The van der Waals surface area contributed by atoms with Gasteiger partial charge in [-0.3, -0.25) is 0 Å². The van der Waals surface area contributed by atoms with Gasteiger partial charge < -0.3 is 24.4 Å². The van der Waals surface area contributed by atoms with E-state index in [0.717, 1.165) is 0 Å². The van der Waals surface area contributed by atoms with Gasteiger partial charge in [-0.05, 0) is 0 Å². The molecule has 70 valence electrons. The molecule has 0 aliphatic carbocycles. The summed E-state index contributed by atoms with van der Waals surface area (Å²) in [4.78, 5) is 0. The minimum Gasteiger partial charge on any atom is -0.394 e. The Kier molecular flexibility index (Phi) is 1.85. The number of fused-ring (bicyclic) bond motifs is 1. The second-order valence-corrected chi connectivity index (χ2v) is 3.13. The summed E-state index contributed by atoms with van der Waals surface area (Å²) in [5.74, 6) is 0. The van der Waals surface area contributed by atoms with Crippen LogP contribution in [0.25, 0.3) is 0 Å². The average molecular weight is 176 g/mol. The second-order valence-electron chi connectivity index (χ2n) is 3.13. The van der Waals surface area contributed by atoms with Crippen LogP contribution in [-0.2, 0) is 14.2 Å². The zero-order chi connectivity index (χ0) is 8.77. The molecule has 0 radical (unpaired) electrons. The first-order valence-electron chi connectivity index (χ1n) is 3.85. The molecule has 0 unspecified atom stereocenters. The fourth-order valence-corrected chi connectivity index (χ4v) is 1.67. The molecule has 0 aromatic heterocycles. The third-order valence-corrected chi connectivity index (χ3v) is 2.49. The molecule has 0 spiro atoms. The molecule has 0 aromatic rings. The Labute approximate surface area is 69.8 Å². The molecule has 0 bridgehead atoms. The summed E-state index contributed by atoms with van der Waals surface area (Å²) >= 11 is 0. The van der Waals surface area contributed by atoms with Crippen molar-refractivity contribution >= 4 is 0 Å². The molecule has 12 heavy (non-hydrogen) atoms. The number of aliphatic hydroxyl groups is 2. The third kappa shape index (κ3) is 0.855. The third-order valence-electron chi connectivity index (χ3n) is 2.49. The zero-order valence-electron chi connectivity index (χ0n) is 6.77. The van der Waals surface area contributed by atoms with Crippen molar-refractivity contribution in [1.82, 2.24) is 0 Å². The van der Waals surface area contributed by atoms with E-state index >= 15 is 0 Å². The van der Waals surface area contributed by atoms with Crippen LogP contribution in [0.15, 0.2) is 0 Å². The molecular weight excluding hydrogens is 164 g/mol. The van der Waals surface area contributed by atoms with Crippen molar-refractivity contribution in [2.24, 2.45) is 0 Å². The number of rotatable bonds is 2. The van der Waals surface area contributed by atoms with Gasteiger partial charge in [0.25, 0.3) is 0 Å². The first-order valence-corrected chi connectivity index (χ1v) is 3.85. The average Bonchev–Trinajstić information content (AvgIpc) is 2.25. The van der Waals surface area contributed by atoms with Crippen LogP contribution in [0.3, 0.4) is 0 Å². The summed E-state index contributed by atoms with van der Waals surface area (Å²) in [6.07, 6.45) is -1.58. The van der Waals surface area contributed by atoms with Gasteiger partial charge >= 0.3 is 0 Å². The van der Waals surface area contributed by atoms with Gasteiger partial charge in [-0.1, -0.05) is 0 Å². The summed E-state index contributed by atoms with van der Waals surface area (Å²) < 4.78 is 15.2. The molecule has 0 amide bonds. The first kappa shape index (κ1) is 8.40. The molecule has 5 heteroatoms. The Morgan fingerprint density at radius 3 is 2.67 bits per heavy atom. The van der Waals surface area contributed by atoms with Crippen LogP contribution in [0.2, 0.25) is 0 Å². The molecule has 2 rings (SSSR count). The predicted octanol–water partition coefficient (Wildman–Crippen LogP) is -1.52. The van der Waals surface area contributed by atoms with Crippen molar-refractivity contribution < 1.29 is 24.4 Å². The van der Waals surface area contributed by atoms with Crippen molar-refractivity contribution in [3.05, 3.63) is 0 Å². The van der Waals surface area contributed by atoms with Crippen LogP contribution in [0.4, 0.5) is 0 Å². The Balaban J connectivity index is 2.12. The van der Waals surface area contributed by atoms with Crippen LogP contribution in [0.5, 0.6) is 0 Å². The van der Waals surface area contributed by atoms with E-state index in [1.807, 2.05) is 0 Å². The van der Waals surface area contributed by atoms with Crippen molar-refractivity contribution in [2.75, 3.05) is 20.3 Å². The maximum Gasteiger partial charge on any atom is 0.186 e. The Morgan fingerprint density at radius 1 is 1.67 bits per heavy atom. The van der Waals surface area contributed by atoms with Gasteiger partial charge in [0.2, 0.25) is 0 Å². The van der Waals surface area contributed by atoms with E-state index in [-0.39, 0.29) is 13.2 Å². The number of ether oxygens (including phenoxy) is 3. The minimum absolute atomic E-state index is 0.211. The Morgan fingerprint density at radius 2 is 2.42 bits per heavy atom. The standard InChI is InChI=1S/C7H12O5/c1-10-6-5-7(9,3-11-5)4(2-8)12-6/h4-6,8-9H,2-3H2,1H3/t4-,5-,6+,7+/m1/s1. The molecule has 0 aromatic carbocycles. The lowest BCUT2D eigenvalue weighted by Crippen LogP contribution is -2.63. The molecule has 2 aliphatic rings. The molecule has 4 atom stereocenters. The van der Waals surface area contributed by atoms with Gasteiger partial charge in [0.15, 0.2) is 6.29 Å². The zero-order valence-corrected chi connectivity index (χ0v) is 6.77. The minimum atomic E-state index is -1.05. The number of aliphatic hydroxyl groups excluding tert-OH is 1. The fourth-order valence-electron chi connectivity index (χ4n) is 1.67. The maximum absolute atomic E-state index is 9.82. The van der Waals surface area contributed by atoms with Crippen molar-refractivity contribution in [2.45, 2.75) is 24.1 Å². The van der Waals surface area contributed by atoms with Gasteiger partial charge in [-0.25, -0.2) is 0 Å². The highest BCUT2D eigenvalue weighted by Crippen LogP contribution is 2.40. The number of hydrogen-bond donors (Lipinski definition) is 2. The van der Waals surface area contributed by atoms with E-state index in [2.05, 4.69) is 0 Å². The summed E-state index contributed by atoms with van der Waals surface area (Å²) in [5.41, 5.74) is -1.05. The van der Waals surface area contributed by atoms with Crippen LogP contribution in [0.1, 0.15) is 0 Å². The lowest BCUT2D eigenvalue weighted by atomic mass is 9.89. The molecular formula is C7H12O5. The largest absolute Gasteiger partial charge is 0.394 e. The lowest BCUT2D eigenvalue weighted by molar-refractivity contribution is -0.250. The normalized spacial score (nSPS) is 51.8. The molecule has 2 N–H and O–H groups in total. The molecule has 2 heterocycles. The molecule has 0 saturated carbocycles. The van der Waals surface area contributed by atoms with E-state index in [4.69, 9.17) is 19.3 Å². The van der Waals surface area contributed by atoms with Crippen LogP contribution in [-0.4, -0.2) is 54.6 Å². The van der Waals surface area contributed by atoms with Gasteiger partial charge in [-0.15, -0.1) is 0 Å². The van der Waals surface area contributed by atoms with Crippen molar-refractivity contribution in [1.29, 1.82) is 0 Å². The Hall–Kier alpha value is -0.200. The Bertz CT molecular complexity index is 179. The highest BCUT2D eigenvalue weighted by atomic mass is 16.7. The quantitative estimate of drug-likeness (QED) is 0.535.